The van der Waals surface area contributed by atoms with Crippen molar-refractivity contribution in [1.82, 2.24) is 58.9 Å². The number of amides is 2. The van der Waals surface area contributed by atoms with Crippen molar-refractivity contribution in [3.05, 3.63) is 177 Å². The number of para-hydroxylation sites is 3. The number of hydrogen-bond acceptors (Lipinski definition) is 13. The number of carboxylic acid groups (broad SMARTS) is 1. The number of rotatable bonds is 9. The Morgan fingerprint density at radius 2 is 0.835 bits per heavy atom. The third-order valence-electron chi connectivity index (χ3n) is 23.0. The average molecular weight is 1330 g/mol. The number of nitrogens with one attached hydrogen (secondary N) is 2. The van der Waals surface area contributed by atoms with Gasteiger partial charge in [0.05, 0.1) is 51.8 Å². The van der Waals surface area contributed by atoms with Gasteiger partial charge in [-0.1, -0.05) is 75.4 Å². The fraction of sp³-hybridized carbons (Fsp3) is 0.455. The number of carboxylic acids is 1. The third-order valence-corrected chi connectivity index (χ3v) is 23.0. The molecule has 97 heavy (non-hydrogen) atoms. The van der Waals surface area contributed by atoms with E-state index in [2.05, 4.69) is 156 Å². The van der Waals surface area contributed by atoms with Gasteiger partial charge in [0.2, 0.25) is 35.0 Å². The van der Waals surface area contributed by atoms with E-state index in [1.165, 1.54) is 80.2 Å². The van der Waals surface area contributed by atoms with E-state index < -0.39 is 5.97 Å². The molecule has 0 spiro atoms. The first kappa shape index (κ1) is 65.9. The van der Waals surface area contributed by atoms with E-state index in [9.17, 15) is 19.5 Å². The molecule has 15 heterocycles. The Morgan fingerprint density at radius 1 is 0.515 bits per heavy atom. The van der Waals surface area contributed by atoms with Gasteiger partial charge in [0, 0.05) is 90.3 Å². The first-order valence-electron chi connectivity index (χ1n) is 35.0. The molecule has 3 saturated heterocycles. The highest BCUT2D eigenvalue weighted by molar-refractivity contribution is 5.96. The zero-order valence-electron chi connectivity index (χ0n) is 57.9. The van der Waals surface area contributed by atoms with Crippen LogP contribution in [0.4, 0.5) is 0 Å². The van der Waals surface area contributed by atoms with Gasteiger partial charge in [-0.15, -0.1) is 12.4 Å². The van der Waals surface area contributed by atoms with E-state index >= 15 is 0 Å². The minimum Gasteiger partial charge on any atom is -0.475 e. The molecular weight excluding hydrogens is 1240 g/mol. The molecule has 3 N–H and O–H groups in total. The molecule has 508 valence electrons. The zero-order valence-corrected chi connectivity index (χ0v) is 58.7. The van der Waals surface area contributed by atoms with Gasteiger partial charge in [-0.25, -0.2) is 19.7 Å². The zero-order chi connectivity index (χ0) is 66.9. The molecule has 19 nitrogen and oxygen atoms in total. The molecule has 6 aromatic heterocycles. The number of nitrogens with zero attached hydrogens (tertiary/aromatic N) is 10. The summed E-state index contributed by atoms with van der Waals surface area (Å²) in [6, 6.07) is 27.0. The molecular formula is C77H91ClN12O7. The lowest BCUT2D eigenvalue weighted by atomic mass is 9.66. The number of carbonyl (C=O) groups excluding carboxylic acids is 2. The second-order valence-electron chi connectivity index (χ2n) is 28.3. The molecule has 9 aliphatic heterocycles. The number of aromatic nitrogens is 6. The molecule has 0 saturated carbocycles. The van der Waals surface area contributed by atoms with Crippen LogP contribution in [0.15, 0.2) is 104 Å². The van der Waals surface area contributed by atoms with Crippen molar-refractivity contribution in [3.63, 3.8) is 0 Å². The Hall–Kier alpha value is -8.33. The summed E-state index contributed by atoms with van der Waals surface area (Å²) in [5.74, 6) is 0.572. The molecule has 20 heteroatoms. The summed E-state index contributed by atoms with van der Waals surface area (Å²) >= 11 is 0. The smallest absolute Gasteiger partial charge is 0.373 e. The lowest BCUT2D eigenvalue weighted by molar-refractivity contribution is 0.0269. The topological polar surface area (TPSA) is 201 Å². The summed E-state index contributed by atoms with van der Waals surface area (Å²) < 4.78 is 25.2. The van der Waals surface area contributed by atoms with Crippen LogP contribution in [0.3, 0.4) is 0 Å². The fourth-order valence-corrected chi connectivity index (χ4v) is 18.7. The highest BCUT2D eigenvalue weighted by Gasteiger charge is 2.54. The maximum absolute atomic E-state index is 12.7. The van der Waals surface area contributed by atoms with Crippen molar-refractivity contribution in [2.75, 3.05) is 74.5 Å². The predicted octanol–water partition coefficient (Wildman–Crippen LogP) is 13.8. The number of oxazole rings is 3. The third kappa shape index (κ3) is 10.1. The number of benzene rings is 3. The Bertz CT molecular complexity index is 4720. The van der Waals surface area contributed by atoms with Crippen LogP contribution in [-0.2, 0) is 19.3 Å². The summed E-state index contributed by atoms with van der Waals surface area (Å²) in [5.41, 5.74) is 16.8. The van der Waals surface area contributed by atoms with E-state index in [-0.39, 0.29) is 46.2 Å². The van der Waals surface area contributed by atoms with E-state index in [0.717, 1.165) is 120 Å². The predicted molar refractivity (Wildman–Crippen MR) is 380 cm³/mol. The minimum atomic E-state index is -1.08. The van der Waals surface area contributed by atoms with Crippen molar-refractivity contribution in [3.8, 4) is 0 Å². The lowest BCUT2D eigenvalue weighted by Crippen LogP contribution is -2.50. The van der Waals surface area contributed by atoms with Gasteiger partial charge in [-0.05, 0) is 185 Å². The van der Waals surface area contributed by atoms with Gasteiger partial charge in [-0.2, -0.15) is 0 Å². The summed E-state index contributed by atoms with van der Waals surface area (Å²) in [4.78, 5) is 60.3. The monoisotopic (exact) mass is 1330 g/mol. The number of aryl methyl sites for hydroxylation is 3. The van der Waals surface area contributed by atoms with E-state index in [1.54, 1.807) is 33.0 Å². The van der Waals surface area contributed by atoms with Crippen molar-refractivity contribution in [1.29, 1.82) is 0 Å². The lowest BCUT2D eigenvalue weighted by Gasteiger charge is -2.53. The van der Waals surface area contributed by atoms with Crippen LogP contribution in [0.5, 0.6) is 0 Å². The quantitative estimate of drug-likeness (QED) is 0.123. The van der Waals surface area contributed by atoms with Gasteiger partial charge < -0.3 is 47.6 Å². The minimum absolute atomic E-state index is 0. The summed E-state index contributed by atoms with van der Waals surface area (Å²) in [7, 11) is 8.85. The second-order valence-corrected chi connectivity index (χ2v) is 28.3. The number of carbonyl (C=O) groups is 3. The molecule has 0 radical (unpaired) electrons. The number of fused-ring (bicyclic) bond motifs is 9. The Kier molecular flexibility index (Phi) is 17.1. The highest BCUT2D eigenvalue weighted by atomic mass is 35.5. The van der Waals surface area contributed by atoms with Gasteiger partial charge in [0.25, 0.3) is 11.8 Å². The standard InChI is InChI=1S/C26H30N4O2.C25H28N4O2.C24H25N3O3.C2H7N.ClH/c1-5-26-12-8-13-29-14-11-18-17-9-6-7-10-19(17)30(21(18)23(26)29)20(15-26)24-27-16(2)22(32-24)25(31)28(3)4;1-4-25-11-7-12-28-13-10-17-16-8-5-6-9-18(16)29(20(17)22(25)28)19(14-25)24-27-15(2)21(31-24)23(30)26-3;1-3-24-10-6-11-26-12-9-16-15-7-4-5-8-17(15)27(19(16)21(24)26)18(13-24)22-25-14(2)20(30-22)23(28)29;1-3-2;/h6-7,9-10,15,23H,5,8,11-14H2,1-4H3;5-6,8-9,14,22H,4,7,10-13H2,1-3H3,(H,26,30);4-5,7-8,13,21H,3,6,9-12H2,1-2H3,(H,28,29);3H,1-2H3;1H/t23-,26+;22-,25+;21-,24+;;/m111../s1. The molecule has 0 aliphatic carbocycles. The van der Waals surface area contributed by atoms with Crippen molar-refractivity contribution in [2.45, 2.75) is 137 Å². The van der Waals surface area contributed by atoms with Gasteiger partial charge in [0.15, 0.2) is 0 Å². The number of hydrogen-bond donors (Lipinski definition) is 3. The SMILES string of the molecule is CC[C@@]12C=C(c3nc(C)c(C(=O)N(C)C)o3)n3c4c(c5ccccc53)CCN(CCC1)[C@H]42.CC[C@@]12C=C(c3nc(C)c(C(=O)NC)o3)n3c4c(c5ccccc53)CCN(CCC1)[C@H]42.CC[C@@]12C=C(c3nc(C)c(C(=O)O)o3)n3c4c(c5ccccc53)CCN(CCC1)[C@H]42.CNC.Cl. The van der Waals surface area contributed by atoms with Crippen molar-refractivity contribution in [2.24, 2.45) is 16.2 Å². The number of aromatic carboxylic acids is 1. The fourth-order valence-electron chi connectivity index (χ4n) is 18.7. The molecule has 18 rings (SSSR count). The molecule has 9 aromatic rings. The number of piperidine rings is 3. The Balaban J connectivity index is 0.000000122. The Labute approximate surface area is 573 Å². The van der Waals surface area contributed by atoms with Crippen LogP contribution in [0.1, 0.15) is 197 Å². The van der Waals surface area contributed by atoms with Crippen LogP contribution in [-0.4, -0.2) is 146 Å². The molecule has 9 aliphatic rings. The highest BCUT2D eigenvalue weighted by Crippen LogP contribution is 2.61. The molecule has 2 amide bonds. The summed E-state index contributed by atoms with van der Waals surface area (Å²) in [5, 5.41) is 18.9. The first-order valence-corrected chi connectivity index (χ1v) is 35.0. The maximum atomic E-state index is 12.7. The number of halogens is 1. The van der Waals surface area contributed by atoms with Crippen LogP contribution < -0.4 is 10.6 Å². The van der Waals surface area contributed by atoms with Gasteiger partial charge in [-0.3, -0.25) is 24.3 Å². The maximum Gasteiger partial charge on any atom is 0.373 e. The van der Waals surface area contributed by atoms with Crippen molar-refractivity contribution >= 4 is 80.0 Å². The first-order chi connectivity index (χ1) is 46.5. The average Bonchev–Trinajstić information content (AvgIpc) is 1.65. The molecule has 0 bridgehead atoms. The van der Waals surface area contributed by atoms with E-state index in [4.69, 9.17) is 23.2 Å². The molecule has 3 fully saturated rings. The van der Waals surface area contributed by atoms with Gasteiger partial charge >= 0.3 is 5.97 Å². The molecule has 6 atom stereocenters. The van der Waals surface area contributed by atoms with Crippen LogP contribution in [0, 0.1) is 37.0 Å². The van der Waals surface area contributed by atoms with Gasteiger partial charge in [0.1, 0.15) is 17.1 Å². The normalized spacial score (nSPS) is 23.9. The van der Waals surface area contributed by atoms with Crippen LogP contribution in [0.25, 0.3) is 49.8 Å². The second kappa shape index (κ2) is 25.2. The summed E-state index contributed by atoms with van der Waals surface area (Å²) in [6.45, 7) is 19.1. The van der Waals surface area contributed by atoms with Crippen molar-refractivity contribution < 1.29 is 32.7 Å². The summed E-state index contributed by atoms with van der Waals surface area (Å²) in [6.07, 6.45) is 20.6. The van der Waals surface area contributed by atoms with E-state index in [1.807, 2.05) is 27.9 Å². The van der Waals surface area contributed by atoms with E-state index in [0.29, 0.717) is 64.4 Å². The largest absolute Gasteiger partial charge is 0.475 e. The molecule has 0 unspecified atom stereocenters. The van der Waals surface area contributed by atoms with Crippen LogP contribution in [0.2, 0.25) is 0 Å². The molecule has 3 aromatic carbocycles. The Morgan fingerprint density at radius 3 is 1.15 bits per heavy atom. The van der Waals surface area contributed by atoms with Crippen LogP contribution >= 0.6 is 12.4 Å².